The van der Waals surface area contributed by atoms with Gasteiger partial charge in [0, 0.05) is 49.1 Å². The third-order valence-electron chi connectivity index (χ3n) is 4.94. The first-order valence-electron chi connectivity index (χ1n) is 9.31. The molecule has 6 nitrogen and oxygen atoms in total. The lowest BCUT2D eigenvalue weighted by atomic mass is 10.0. The van der Waals surface area contributed by atoms with Crippen molar-refractivity contribution in [2.45, 2.75) is 18.8 Å². The van der Waals surface area contributed by atoms with Crippen LogP contribution in [0.4, 0.5) is 0 Å². The highest BCUT2D eigenvalue weighted by Gasteiger charge is 2.29. The van der Waals surface area contributed by atoms with Gasteiger partial charge in [0.2, 0.25) is 0 Å². The van der Waals surface area contributed by atoms with Crippen LogP contribution in [0.5, 0.6) is 5.75 Å². The minimum Gasteiger partial charge on any atom is -0.492 e. The highest BCUT2D eigenvalue weighted by molar-refractivity contribution is 6.32. The summed E-state index contributed by atoms with van der Waals surface area (Å²) in [6.07, 6.45) is 4.92. The number of halogens is 1. The Bertz CT molecular complexity index is 944. The lowest BCUT2D eigenvalue weighted by Gasteiger charge is -2.15. The largest absolute Gasteiger partial charge is 0.492 e. The van der Waals surface area contributed by atoms with E-state index in [0.717, 1.165) is 24.4 Å². The summed E-state index contributed by atoms with van der Waals surface area (Å²) >= 11 is 6.10. The third kappa shape index (κ3) is 4.17. The maximum absolute atomic E-state index is 12.6. The third-order valence-corrected chi connectivity index (χ3v) is 5.25. The SMILES string of the molecule is O=C(c1ccncc1)N1CC[C@H](c2cc(CCOc3ccccc3Cl)[nH]n2)C1. The standard InChI is InChI=1S/C21H21ClN4O2/c22-18-3-1-2-4-20(18)28-12-8-17-13-19(25-24-17)16-7-11-26(14-16)21(27)15-5-9-23-10-6-15/h1-6,9-10,13,16H,7-8,11-12,14H2,(H,24,25)/t16-/m0/s1. The van der Waals surface area contributed by atoms with Gasteiger partial charge in [-0.25, -0.2) is 0 Å². The molecule has 144 valence electrons. The number of amides is 1. The van der Waals surface area contributed by atoms with E-state index in [1.807, 2.05) is 29.2 Å². The number of pyridine rings is 1. The first kappa shape index (κ1) is 18.5. The second-order valence-corrected chi connectivity index (χ2v) is 7.23. The van der Waals surface area contributed by atoms with Crippen molar-refractivity contribution in [2.24, 2.45) is 0 Å². The number of carbonyl (C=O) groups excluding carboxylic acids is 1. The molecule has 3 aromatic rings. The van der Waals surface area contributed by atoms with Gasteiger partial charge in [-0.15, -0.1) is 0 Å². The van der Waals surface area contributed by atoms with Gasteiger partial charge in [-0.2, -0.15) is 5.10 Å². The zero-order valence-electron chi connectivity index (χ0n) is 15.3. The Morgan fingerprint density at radius 3 is 2.89 bits per heavy atom. The quantitative estimate of drug-likeness (QED) is 0.689. The van der Waals surface area contributed by atoms with Crippen LogP contribution in [-0.2, 0) is 6.42 Å². The molecule has 1 fully saturated rings. The van der Waals surface area contributed by atoms with Gasteiger partial charge in [0.15, 0.2) is 0 Å². The van der Waals surface area contributed by atoms with Crippen LogP contribution in [0.1, 0.15) is 34.1 Å². The van der Waals surface area contributed by atoms with Crippen molar-refractivity contribution in [2.75, 3.05) is 19.7 Å². The molecule has 7 heteroatoms. The van der Waals surface area contributed by atoms with Crippen molar-refractivity contribution >= 4 is 17.5 Å². The predicted octanol–water partition coefficient (Wildman–Crippen LogP) is 3.71. The van der Waals surface area contributed by atoms with Gasteiger partial charge >= 0.3 is 0 Å². The van der Waals surface area contributed by atoms with E-state index in [1.165, 1.54) is 0 Å². The summed E-state index contributed by atoms with van der Waals surface area (Å²) in [4.78, 5) is 18.4. The van der Waals surface area contributed by atoms with Gasteiger partial charge in [0.05, 0.1) is 17.3 Å². The van der Waals surface area contributed by atoms with Crippen LogP contribution < -0.4 is 4.74 Å². The van der Waals surface area contributed by atoms with Crippen LogP contribution in [0.25, 0.3) is 0 Å². The molecule has 4 rings (SSSR count). The minimum atomic E-state index is 0.0498. The Labute approximate surface area is 168 Å². The van der Waals surface area contributed by atoms with Crippen LogP contribution >= 0.6 is 11.6 Å². The number of hydrogen-bond acceptors (Lipinski definition) is 4. The predicted molar refractivity (Wildman–Crippen MR) is 107 cm³/mol. The van der Waals surface area contributed by atoms with Crippen LogP contribution in [0, 0.1) is 0 Å². The Morgan fingerprint density at radius 1 is 1.25 bits per heavy atom. The van der Waals surface area contributed by atoms with E-state index >= 15 is 0 Å². The van der Waals surface area contributed by atoms with Gasteiger partial charge in [-0.3, -0.25) is 14.9 Å². The number of benzene rings is 1. The molecule has 1 N–H and O–H groups in total. The van der Waals surface area contributed by atoms with Gasteiger partial charge < -0.3 is 9.64 Å². The van der Waals surface area contributed by atoms with Crippen molar-refractivity contribution in [3.8, 4) is 5.75 Å². The van der Waals surface area contributed by atoms with Gasteiger partial charge in [0.1, 0.15) is 5.75 Å². The van der Waals surface area contributed by atoms with E-state index in [4.69, 9.17) is 16.3 Å². The minimum absolute atomic E-state index is 0.0498. The number of aromatic amines is 1. The number of aromatic nitrogens is 3. The molecule has 0 unspecified atom stereocenters. The van der Waals surface area contributed by atoms with E-state index in [2.05, 4.69) is 21.2 Å². The number of nitrogens with one attached hydrogen (secondary N) is 1. The van der Waals surface area contributed by atoms with Crippen LogP contribution in [0.2, 0.25) is 5.02 Å². The number of likely N-dealkylation sites (tertiary alicyclic amines) is 1. The topological polar surface area (TPSA) is 71.1 Å². The summed E-state index contributed by atoms with van der Waals surface area (Å²) < 4.78 is 5.74. The van der Waals surface area contributed by atoms with Crippen molar-refractivity contribution in [1.82, 2.24) is 20.1 Å². The summed E-state index contributed by atoms with van der Waals surface area (Å²) in [6, 6.07) is 13.0. The molecule has 0 aliphatic carbocycles. The fraction of sp³-hybridized carbons (Fsp3) is 0.286. The van der Waals surface area contributed by atoms with E-state index in [0.29, 0.717) is 35.9 Å². The number of ether oxygens (including phenoxy) is 1. The Morgan fingerprint density at radius 2 is 2.07 bits per heavy atom. The molecule has 0 saturated carbocycles. The highest BCUT2D eigenvalue weighted by Crippen LogP contribution is 2.27. The second-order valence-electron chi connectivity index (χ2n) is 6.82. The fourth-order valence-electron chi connectivity index (χ4n) is 3.41. The van der Waals surface area contributed by atoms with E-state index in [9.17, 15) is 4.79 Å². The molecule has 1 saturated heterocycles. The van der Waals surface area contributed by atoms with Crippen molar-refractivity contribution in [3.63, 3.8) is 0 Å². The van der Waals surface area contributed by atoms with E-state index in [-0.39, 0.29) is 11.8 Å². The maximum atomic E-state index is 12.6. The first-order chi connectivity index (χ1) is 13.7. The van der Waals surface area contributed by atoms with Gasteiger partial charge in [-0.1, -0.05) is 23.7 Å². The molecule has 0 radical (unpaired) electrons. The summed E-state index contributed by atoms with van der Waals surface area (Å²) in [5.41, 5.74) is 2.69. The lowest BCUT2D eigenvalue weighted by molar-refractivity contribution is 0.0790. The molecule has 1 aliphatic heterocycles. The summed E-state index contributed by atoms with van der Waals surface area (Å²) in [5.74, 6) is 0.985. The number of rotatable bonds is 6. The number of para-hydroxylation sites is 1. The molecule has 0 spiro atoms. The number of hydrogen-bond donors (Lipinski definition) is 1. The zero-order chi connectivity index (χ0) is 19.3. The molecule has 2 aromatic heterocycles. The lowest BCUT2D eigenvalue weighted by Crippen LogP contribution is -2.28. The number of nitrogens with zero attached hydrogens (tertiary/aromatic N) is 3. The van der Waals surface area contributed by atoms with Crippen molar-refractivity contribution < 1.29 is 9.53 Å². The molecule has 1 aliphatic rings. The molecule has 1 aromatic carbocycles. The molecule has 28 heavy (non-hydrogen) atoms. The van der Waals surface area contributed by atoms with E-state index < -0.39 is 0 Å². The van der Waals surface area contributed by atoms with Crippen LogP contribution in [0.3, 0.4) is 0 Å². The summed E-state index contributed by atoms with van der Waals surface area (Å²) in [5, 5.41) is 8.15. The number of carbonyl (C=O) groups is 1. The summed E-state index contributed by atoms with van der Waals surface area (Å²) in [6.45, 7) is 1.94. The molecule has 0 bridgehead atoms. The Hall–Kier alpha value is -2.86. The van der Waals surface area contributed by atoms with Gasteiger partial charge in [0.25, 0.3) is 5.91 Å². The maximum Gasteiger partial charge on any atom is 0.253 e. The first-order valence-corrected chi connectivity index (χ1v) is 9.69. The normalized spacial score (nSPS) is 16.3. The van der Waals surface area contributed by atoms with Crippen molar-refractivity contribution in [3.05, 3.63) is 76.8 Å². The zero-order valence-corrected chi connectivity index (χ0v) is 16.1. The Balaban J connectivity index is 1.31. The molecule has 1 atom stereocenters. The highest BCUT2D eigenvalue weighted by atomic mass is 35.5. The van der Waals surface area contributed by atoms with Gasteiger partial charge in [-0.05, 0) is 36.8 Å². The van der Waals surface area contributed by atoms with Crippen molar-refractivity contribution in [1.29, 1.82) is 0 Å². The summed E-state index contributed by atoms with van der Waals surface area (Å²) in [7, 11) is 0. The number of H-pyrrole nitrogens is 1. The monoisotopic (exact) mass is 396 g/mol. The Kier molecular flexibility index (Phi) is 5.58. The smallest absolute Gasteiger partial charge is 0.253 e. The average Bonchev–Trinajstić information content (AvgIpc) is 3.39. The fourth-order valence-corrected chi connectivity index (χ4v) is 3.60. The second kappa shape index (κ2) is 8.44. The average molecular weight is 397 g/mol. The molecule has 3 heterocycles. The van der Waals surface area contributed by atoms with Crippen LogP contribution in [0.15, 0.2) is 54.9 Å². The van der Waals surface area contributed by atoms with E-state index in [1.54, 1.807) is 24.5 Å². The molecular weight excluding hydrogens is 376 g/mol. The molecule has 1 amide bonds. The van der Waals surface area contributed by atoms with Crippen LogP contribution in [-0.4, -0.2) is 45.7 Å². The molecular formula is C21H21ClN4O2.